The van der Waals surface area contributed by atoms with Crippen LogP contribution in [0, 0.1) is 11.6 Å². The summed E-state index contributed by atoms with van der Waals surface area (Å²) in [7, 11) is 0. The molecule has 0 aliphatic carbocycles. The molecule has 0 spiro atoms. The molecule has 5 heteroatoms. The van der Waals surface area contributed by atoms with E-state index in [1.165, 1.54) is 6.07 Å². The fourth-order valence-corrected chi connectivity index (χ4v) is 1.95. The summed E-state index contributed by atoms with van der Waals surface area (Å²) in [5, 5.41) is 21.9. The van der Waals surface area contributed by atoms with Crippen molar-refractivity contribution in [2.24, 2.45) is 0 Å². The van der Waals surface area contributed by atoms with Gasteiger partial charge >= 0.3 is 0 Å². The van der Waals surface area contributed by atoms with E-state index in [2.05, 4.69) is 5.32 Å². The molecule has 3 nitrogen and oxygen atoms in total. The topological polar surface area (TPSA) is 52.5 Å². The first-order chi connectivity index (χ1) is 10.1. The van der Waals surface area contributed by atoms with Gasteiger partial charge in [0.1, 0.15) is 0 Å². The van der Waals surface area contributed by atoms with E-state index in [1.807, 2.05) is 24.3 Å². The first-order valence-electron chi connectivity index (χ1n) is 6.62. The van der Waals surface area contributed by atoms with E-state index in [1.54, 1.807) is 0 Å². The van der Waals surface area contributed by atoms with Crippen LogP contribution in [0.4, 0.5) is 8.78 Å². The highest BCUT2D eigenvalue weighted by molar-refractivity contribution is 5.22. The lowest BCUT2D eigenvalue weighted by Gasteiger charge is -2.12. The number of hydrogen-bond acceptors (Lipinski definition) is 3. The summed E-state index contributed by atoms with van der Waals surface area (Å²) >= 11 is 0. The molecule has 2 rings (SSSR count). The highest BCUT2D eigenvalue weighted by Gasteiger charge is 2.10. The van der Waals surface area contributed by atoms with Crippen LogP contribution >= 0.6 is 0 Å². The zero-order chi connectivity index (χ0) is 15.2. The molecule has 1 unspecified atom stereocenters. The van der Waals surface area contributed by atoms with Crippen LogP contribution in [0.15, 0.2) is 42.5 Å². The molecule has 0 radical (unpaired) electrons. The molecule has 3 N–H and O–H groups in total. The minimum Gasteiger partial charge on any atom is -0.392 e. The summed E-state index contributed by atoms with van der Waals surface area (Å²) < 4.78 is 25.9. The Bertz CT molecular complexity index is 587. The van der Waals surface area contributed by atoms with Gasteiger partial charge < -0.3 is 15.5 Å². The molecule has 2 aromatic carbocycles. The van der Waals surface area contributed by atoms with Crippen LogP contribution < -0.4 is 5.32 Å². The zero-order valence-corrected chi connectivity index (χ0v) is 11.4. The summed E-state index contributed by atoms with van der Waals surface area (Å²) in [6, 6.07) is 10.8. The largest absolute Gasteiger partial charge is 0.392 e. The van der Waals surface area contributed by atoms with Gasteiger partial charge in [-0.2, -0.15) is 0 Å². The average molecular weight is 293 g/mol. The number of halogens is 2. The highest BCUT2D eigenvalue weighted by Crippen LogP contribution is 2.15. The monoisotopic (exact) mass is 293 g/mol. The van der Waals surface area contributed by atoms with E-state index >= 15 is 0 Å². The SMILES string of the molecule is OCc1ccc(CNCC(O)c2ccc(F)c(F)c2)cc1. The third-order valence-corrected chi connectivity index (χ3v) is 3.20. The van der Waals surface area contributed by atoms with Crippen LogP contribution in [0.5, 0.6) is 0 Å². The van der Waals surface area contributed by atoms with Gasteiger partial charge in [-0.25, -0.2) is 8.78 Å². The second-order valence-electron chi connectivity index (χ2n) is 4.79. The minimum atomic E-state index is -0.967. The quantitative estimate of drug-likeness (QED) is 0.766. The van der Waals surface area contributed by atoms with Gasteiger partial charge in [-0.15, -0.1) is 0 Å². The molecule has 0 saturated carbocycles. The Morgan fingerprint density at radius 3 is 2.24 bits per heavy atom. The van der Waals surface area contributed by atoms with E-state index in [-0.39, 0.29) is 13.2 Å². The maximum absolute atomic E-state index is 13.1. The standard InChI is InChI=1S/C16H17F2NO2/c17-14-6-5-13(7-15(14)18)16(21)9-19-8-11-1-3-12(10-20)4-2-11/h1-7,16,19-21H,8-10H2. The van der Waals surface area contributed by atoms with Gasteiger partial charge in [0.25, 0.3) is 0 Å². The number of benzene rings is 2. The predicted molar refractivity (Wildman–Crippen MR) is 75.4 cm³/mol. The van der Waals surface area contributed by atoms with Crippen molar-refractivity contribution in [2.45, 2.75) is 19.3 Å². The van der Waals surface area contributed by atoms with Gasteiger partial charge in [-0.3, -0.25) is 0 Å². The third kappa shape index (κ3) is 4.32. The second-order valence-corrected chi connectivity index (χ2v) is 4.79. The smallest absolute Gasteiger partial charge is 0.159 e. The lowest BCUT2D eigenvalue weighted by atomic mass is 10.1. The van der Waals surface area contributed by atoms with Gasteiger partial charge in [0, 0.05) is 13.1 Å². The van der Waals surface area contributed by atoms with Crippen LogP contribution in [-0.2, 0) is 13.2 Å². The van der Waals surface area contributed by atoms with Crippen molar-refractivity contribution in [2.75, 3.05) is 6.54 Å². The van der Waals surface area contributed by atoms with Crippen molar-refractivity contribution in [3.05, 3.63) is 70.8 Å². The molecule has 1 atom stereocenters. The normalized spacial score (nSPS) is 12.4. The number of aliphatic hydroxyl groups excluding tert-OH is 2. The molecule has 21 heavy (non-hydrogen) atoms. The van der Waals surface area contributed by atoms with Crippen LogP contribution in [0.2, 0.25) is 0 Å². The molecule has 0 heterocycles. The Morgan fingerprint density at radius 2 is 1.62 bits per heavy atom. The molecular weight excluding hydrogens is 276 g/mol. The van der Waals surface area contributed by atoms with Crippen molar-refractivity contribution in [3.8, 4) is 0 Å². The summed E-state index contributed by atoms with van der Waals surface area (Å²) in [4.78, 5) is 0. The Hall–Kier alpha value is -1.82. The molecule has 0 aromatic heterocycles. The van der Waals surface area contributed by atoms with E-state index < -0.39 is 17.7 Å². The van der Waals surface area contributed by atoms with Crippen molar-refractivity contribution in [1.29, 1.82) is 0 Å². The minimum absolute atomic E-state index is 0.00253. The Morgan fingerprint density at radius 1 is 0.952 bits per heavy atom. The summed E-state index contributed by atoms with van der Waals surface area (Å²) in [6.07, 6.45) is -0.906. The van der Waals surface area contributed by atoms with Crippen LogP contribution in [0.1, 0.15) is 22.8 Å². The van der Waals surface area contributed by atoms with E-state index in [0.717, 1.165) is 23.3 Å². The highest BCUT2D eigenvalue weighted by atomic mass is 19.2. The maximum atomic E-state index is 13.1. The number of aliphatic hydroxyl groups is 2. The molecule has 0 saturated heterocycles. The van der Waals surface area contributed by atoms with Gasteiger partial charge in [-0.05, 0) is 28.8 Å². The van der Waals surface area contributed by atoms with Crippen LogP contribution in [-0.4, -0.2) is 16.8 Å². The molecule has 0 aliphatic rings. The Kier molecular flexibility index (Phi) is 5.38. The summed E-state index contributed by atoms with van der Waals surface area (Å²) in [5.74, 6) is -1.89. The fraction of sp³-hybridized carbons (Fsp3) is 0.250. The lowest BCUT2D eigenvalue weighted by molar-refractivity contribution is 0.173. The van der Waals surface area contributed by atoms with Crippen LogP contribution in [0.25, 0.3) is 0 Å². The predicted octanol–water partition coefficient (Wildman–Crippen LogP) is 2.28. The zero-order valence-electron chi connectivity index (χ0n) is 11.4. The summed E-state index contributed by atoms with van der Waals surface area (Å²) in [6.45, 7) is 0.766. The molecule has 0 amide bonds. The molecule has 2 aromatic rings. The Labute approximate surface area is 121 Å². The number of hydrogen-bond donors (Lipinski definition) is 3. The Balaban J connectivity index is 1.85. The summed E-state index contributed by atoms with van der Waals surface area (Å²) in [5.41, 5.74) is 2.17. The molecule has 0 aliphatic heterocycles. The van der Waals surface area contributed by atoms with Crippen molar-refractivity contribution >= 4 is 0 Å². The maximum Gasteiger partial charge on any atom is 0.159 e. The van der Waals surface area contributed by atoms with Crippen LogP contribution in [0.3, 0.4) is 0 Å². The van der Waals surface area contributed by atoms with Gasteiger partial charge in [-0.1, -0.05) is 30.3 Å². The first-order valence-corrected chi connectivity index (χ1v) is 6.62. The third-order valence-electron chi connectivity index (χ3n) is 3.20. The lowest BCUT2D eigenvalue weighted by Crippen LogP contribution is -2.21. The van der Waals surface area contributed by atoms with Crippen molar-refractivity contribution in [3.63, 3.8) is 0 Å². The van der Waals surface area contributed by atoms with Gasteiger partial charge in [0.15, 0.2) is 11.6 Å². The van der Waals surface area contributed by atoms with E-state index in [9.17, 15) is 13.9 Å². The van der Waals surface area contributed by atoms with Crippen molar-refractivity contribution < 1.29 is 19.0 Å². The molecule has 112 valence electrons. The molecule has 0 bridgehead atoms. The van der Waals surface area contributed by atoms with E-state index in [0.29, 0.717) is 12.1 Å². The van der Waals surface area contributed by atoms with Gasteiger partial charge in [0.2, 0.25) is 0 Å². The fourth-order valence-electron chi connectivity index (χ4n) is 1.95. The van der Waals surface area contributed by atoms with E-state index in [4.69, 9.17) is 5.11 Å². The molecule has 0 fully saturated rings. The van der Waals surface area contributed by atoms with Crippen molar-refractivity contribution in [1.82, 2.24) is 5.32 Å². The average Bonchev–Trinajstić information content (AvgIpc) is 2.50. The van der Waals surface area contributed by atoms with Gasteiger partial charge in [0.05, 0.1) is 12.7 Å². The number of rotatable bonds is 6. The second kappa shape index (κ2) is 7.26. The first kappa shape index (κ1) is 15.6. The number of nitrogens with one attached hydrogen (secondary N) is 1. The molecular formula is C16H17F2NO2.